The number of hydrogen-bond donors (Lipinski definition) is 2. The Bertz CT molecular complexity index is 607. The van der Waals surface area contributed by atoms with Gasteiger partial charge in [-0.2, -0.15) is 13.2 Å². The maximum Gasteiger partial charge on any atom is 0.441 e. The van der Waals surface area contributed by atoms with E-state index in [4.69, 9.17) is 4.74 Å². The number of anilines is 1. The van der Waals surface area contributed by atoms with Gasteiger partial charge in [-0.3, -0.25) is 9.59 Å². The van der Waals surface area contributed by atoms with Crippen LogP contribution in [-0.4, -0.2) is 36.7 Å². The van der Waals surface area contributed by atoms with Gasteiger partial charge in [-0.1, -0.05) is 0 Å². The van der Waals surface area contributed by atoms with Crippen molar-refractivity contribution in [2.45, 2.75) is 17.8 Å². The molecule has 0 spiro atoms. The van der Waals surface area contributed by atoms with E-state index in [-0.39, 0.29) is 36.4 Å². The summed E-state index contributed by atoms with van der Waals surface area (Å²) < 4.78 is 41.2. The Morgan fingerprint density at radius 3 is 2.87 bits per heavy atom. The molecule has 1 aliphatic rings. The third-order valence-corrected chi connectivity index (χ3v) is 4.02. The van der Waals surface area contributed by atoms with Gasteiger partial charge in [0.2, 0.25) is 11.8 Å². The summed E-state index contributed by atoms with van der Waals surface area (Å²) in [4.78, 5) is 23.9. The van der Waals surface area contributed by atoms with Gasteiger partial charge in [0, 0.05) is 24.4 Å². The van der Waals surface area contributed by atoms with E-state index in [1.54, 1.807) is 18.2 Å². The van der Waals surface area contributed by atoms with Gasteiger partial charge in [0.25, 0.3) is 0 Å². The van der Waals surface area contributed by atoms with Crippen molar-refractivity contribution in [2.75, 3.05) is 24.7 Å². The normalized spacial score (nSPS) is 17.2. The fourth-order valence-corrected chi connectivity index (χ4v) is 2.70. The van der Waals surface area contributed by atoms with Crippen molar-refractivity contribution in [1.29, 1.82) is 0 Å². The number of amides is 2. The van der Waals surface area contributed by atoms with Gasteiger partial charge in [-0.25, -0.2) is 0 Å². The van der Waals surface area contributed by atoms with Gasteiger partial charge in [0.1, 0.15) is 5.75 Å². The zero-order chi connectivity index (χ0) is 17.0. The number of ether oxygens (including phenoxy) is 1. The molecule has 9 heteroatoms. The molecule has 2 rings (SSSR count). The monoisotopic (exact) mass is 348 g/mol. The summed E-state index contributed by atoms with van der Waals surface area (Å²) in [5.74, 6) is -1.28. The molecule has 23 heavy (non-hydrogen) atoms. The number of nitrogens with one attached hydrogen (secondary N) is 2. The first-order valence-electron chi connectivity index (χ1n) is 6.76. The fraction of sp³-hybridized carbons (Fsp3) is 0.429. The summed E-state index contributed by atoms with van der Waals surface area (Å²) in [6, 6.07) is 4.92. The number of halogens is 3. The average molecular weight is 348 g/mol. The lowest BCUT2D eigenvalue weighted by Gasteiger charge is -2.25. The molecule has 0 unspecified atom stereocenters. The first-order valence-corrected chi connectivity index (χ1v) is 7.75. The molecule has 0 bridgehead atoms. The van der Waals surface area contributed by atoms with E-state index in [1.807, 2.05) is 0 Å². The molecule has 126 valence electrons. The number of alkyl halides is 3. The second-order valence-electron chi connectivity index (χ2n) is 4.84. The molecule has 0 aromatic heterocycles. The number of thioether (sulfide) groups is 1. The van der Waals surface area contributed by atoms with Crippen molar-refractivity contribution in [3.05, 3.63) is 23.8 Å². The van der Waals surface area contributed by atoms with Crippen LogP contribution in [0, 0.1) is 0 Å². The van der Waals surface area contributed by atoms with E-state index in [0.29, 0.717) is 17.0 Å². The molecule has 1 aromatic rings. The highest BCUT2D eigenvalue weighted by Crippen LogP contribution is 2.35. The van der Waals surface area contributed by atoms with Crippen LogP contribution < -0.4 is 15.4 Å². The van der Waals surface area contributed by atoms with Crippen LogP contribution >= 0.6 is 11.8 Å². The molecule has 1 aliphatic heterocycles. The topological polar surface area (TPSA) is 67.4 Å². The summed E-state index contributed by atoms with van der Waals surface area (Å²) in [6.07, 6.45) is -0.0571. The lowest BCUT2D eigenvalue weighted by molar-refractivity contribution is -0.126. The second-order valence-corrected chi connectivity index (χ2v) is 6.00. The van der Waals surface area contributed by atoms with Gasteiger partial charge >= 0.3 is 5.51 Å². The highest BCUT2D eigenvalue weighted by atomic mass is 32.2. The van der Waals surface area contributed by atoms with E-state index in [9.17, 15) is 22.8 Å². The molecule has 2 amide bonds. The smallest absolute Gasteiger partial charge is 0.441 e. The maximum absolute atomic E-state index is 12.2. The number of rotatable bonds is 5. The number of carbonyl (C=O) groups is 2. The molecule has 1 aromatic carbocycles. The molecule has 2 N–H and O–H groups in total. The van der Waals surface area contributed by atoms with Gasteiger partial charge in [-0.05, 0) is 35.5 Å². The van der Waals surface area contributed by atoms with Gasteiger partial charge in [0.05, 0.1) is 13.0 Å². The minimum atomic E-state index is -4.32. The van der Waals surface area contributed by atoms with E-state index in [1.165, 1.54) is 7.11 Å². The number of benzene rings is 1. The first kappa shape index (κ1) is 17.5. The summed E-state index contributed by atoms with van der Waals surface area (Å²) >= 11 is -0.200. The van der Waals surface area contributed by atoms with Crippen LogP contribution in [0.4, 0.5) is 18.9 Å². The van der Waals surface area contributed by atoms with Crippen LogP contribution in [-0.2, 0) is 9.59 Å². The molecule has 0 fully saturated rings. The molecular formula is C14H15F3N2O3S. The Labute approximate surface area is 135 Å². The minimum Gasteiger partial charge on any atom is -0.497 e. The average Bonchev–Trinajstić information content (AvgIpc) is 2.49. The van der Waals surface area contributed by atoms with Gasteiger partial charge < -0.3 is 15.4 Å². The number of fused-ring (bicyclic) bond motifs is 1. The van der Waals surface area contributed by atoms with Crippen LogP contribution in [0.1, 0.15) is 17.9 Å². The zero-order valence-electron chi connectivity index (χ0n) is 12.2. The number of hydrogen-bond acceptors (Lipinski definition) is 4. The Hall–Kier alpha value is -1.90. The molecule has 0 aliphatic carbocycles. The van der Waals surface area contributed by atoms with Crippen molar-refractivity contribution in [3.8, 4) is 5.75 Å². The van der Waals surface area contributed by atoms with Crippen LogP contribution in [0.25, 0.3) is 0 Å². The number of methoxy groups -OCH3 is 1. The third kappa shape index (κ3) is 4.78. The highest BCUT2D eigenvalue weighted by molar-refractivity contribution is 8.00. The minimum absolute atomic E-state index is 0.0571. The molecule has 0 radical (unpaired) electrons. The quantitative estimate of drug-likeness (QED) is 0.803. The third-order valence-electron chi connectivity index (χ3n) is 3.28. The lowest BCUT2D eigenvalue weighted by atomic mass is 9.89. The van der Waals surface area contributed by atoms with Gasteiger partial charge in [-0.15, -0.1) is 0 Å². The fourth-order valence-electron chi connectivity index (χ4n) is 2.26. The molecule has 0 saturated carbocycles. The first-order chi connectivity index (χ1) is 10.8. The van der Waals surface area contributed by atoms with E-state index in [2.05, 4.69) is 10.6 Å². The molecule has 5 nitrogen and oxygen atoms in total. The van der Waals surface area contributed by atoms with E-state index < -0.39 is 17.3 Å². The SMILES string of the molecule is COc1ccc2c(c1)[C@@H](C(=O)NCCSC(F)(F)F)CC(=O)N2. The molecular weight excluding hydrogens is 333 g/mol. The standard InChI is InChI=1S/C14H15F3N2O3S/c1-22-8-2-3-11-9(6-8)10(7-12(20)19-11)13(21)18-4-5-23-14(15,16)17/h2-3,6,10H,4-5,7H2,1H3,(H,18,21)(H,19,20)/t10-/m0/s1. The predicted molar refractivity (Wildman–Crippen MR) is 80.5 cm³/mol. The summed E-state index contributed by atoms with van der Waals surface area (Å²) in [5, 5.41) is 5.10. The molecule has 0 saturated heterocycles. The van der Waals surface area contributed by atoms with Crippen LogP contribution in [0.2, 0.25) is 0 Å². The van der Waals surface area contributed by atoms with Crippen molar-refractivity contribution >= 4 is 29.3 Å². The van der Waals surface area contributed by atoms with E-state index in [0.717, 1.165) is 0 Å². The second kappa shape index (κ2) is 7.12. The van der Waals surface area contributed by atoms with Crippen LogP contribution in [0.5, 0.6) is 5.75 Å². The molecule has 1 atom stereocenters. The van der Waals surface area contributed by atoms with Crippen LogP contribution in [0.3, 0.4) is 0 Å². The molecule has 1 heterocycles. The van der Waals surface area contributed by atoms with Crippen molar-refractivity contribution < 1.29 is 27.5 Å². The zero-order valence-corrected chi connectivity index (χ0v) is 13.0. The largest absolute Gasteiger partial charge is 0.497 e. The summed E-state index contributed by atoms with van der Waals surface area (Å²) in [6.45, 7) is -0.125. The van der Waals surface area contributed by atoms with Crippen molar-refractivity contribution in [2.24, 2.45) is 0 Å². The Morgan fingerprint density at radius 1 is 1.48 bits per heavy atom. The van der Waals surface area contributed by atoms with Gasteiger partial charge in [0.15, 0.2) is 0 Å². The Kier molecular flexibility index (Phi) is 5.40. The van der Waals surface area contributed by atoms with Crippen molar-refractivity contribution in [1.82, 2.24) is 5.32 Å². The predicted octanol–water partition coefficient (Wildman–Crippen LogP) is 2.49. The highest BCUT2D eigenvalue weighted by Gasteiger charge is 2.31. The summed E-state index contributed by atoms with van der Waals surface area (Å²) in [5.41, 5.74) is -3.23. The maximum atomic E-state index is 12.2. The Balaban J connectivity index is 2.04. The number of carbonyl (C=O) groups excluding carboxylic acids is 2. The Morgan fingerprint density at radius 2 is 2.22 bits per heavy atom. The van der Waals surface area contributed by atoms with Crippen LogP contribution in [0.15, 0.2) is 18.2 Å². The van der Waals surface area contributed by atoms with Crippen molar-refractivity contribution in [3.63, 3.8) is 0 Å². The summed E-state index contributed by atoms with van der Waals surface area (Å²) in [7, 11) is 1.48. The lowest BCUT2D eigenvalue weighted by Crippen LogP contribution is -2.36. The van der Waals surface area contributed by atoms with E-state index >= 15 is 0 Å².